The molecule has 0 fully saturated rings. The van der Waals surface area contributed by atoms with Crippen LogP contribution in [0.1, 0.15) is 18.4 Å². The Balaban J connectivity index is 1.69. The van der Waals surface area contributed by atoms with E-state index in [1.807, 2.05) is 48.7 Å². The Morgan fingerprint density at radius 3 is 2.88 bits per heavy atom. The highest BCUT2D eigenvalue weighted by Crippen LogP contribution is 2.30. The molecule has 0 spiro atoms. The lowest BCUT2D eigenvalue weighted by atomic mass is 9.99. The van der Waals surface area contributed by atoms with Gasteiger partial charge in [-0.25, -0.2) is 4.98 Å². The van der Waals surface area contributed by atoms with Crippen LogP contribution in [0.5, 0.6) is 0 Å². The van der Waals surface area contributed by atoms with E-state index in [4.69, 9.17) is 11.6 Å². The number of carbonyl (C=O) groups is 1. The standard InChI is InChI=1S/C18H14ClN3OS/c1-10(17(23)22-18-20-6-7-24-18)11-2-4-13-14-9-12(19)3-5-15(14)21-16(13)8-11/h2-10,21H,1H3,(H,20,22,23). The molecule has 120 valence electrons. The third-order valence-electron chi connectivity index (χ3n) is 4.14. The maximum atomic E-state index is 12.4. The monoisotopic (exact) mass is 355 g/mol. The van der Waals surface area contributed by atoms with Crippen LogP contribution in [0.4, 0.5) is 5.13 Å². The molecule has 0 aliphatic carbocycles. The second-order valence-corrected chi connectivity index (χ2v) is 7.00. The molecule has 2 N–H and O–H groups in total. The zero-order valence-corrected chi connectivity index (χ0v) is 14.4. The van der Waals surface area contributed by atoms with Crippen LogP contribution in [0, 0.1) is 0 Å². The van der Waals surface area contributed by atoms with Crippen molar-refractivity contribution in [2.45, 2.75) is 12.8 Å². The van der Waals surface area contributed by atoms with Crippen LogP contribution in [-0.4, -0.2) is 15.9 Å². The second-order valence-electron chi connectivity index (χ2n) is 5.67. The van der Waals surface area contributed by atoms with Gasteiger partial charge in [-0.2, -0.15) is 0 Å². The van der Waals surface area contributed by atoms with E-state index in [-0.39, 0.29) is 11.8 Å². The highest BCUT2D eigenvalue weighted by molar-refractivity contribution is 7.13. The van der Waals surface area contributed by atoms with Crippen molar-refractivity contribution < 1.29 is 4.79 Å². The van der Waals surface area contributed by atoms with Gasteiger partial charge in [-0.05, 0) is 36.8 Å². The quantitative estimate of drug-likeness (QED) is 0.532. The van der Waals surface area contributed by atoms with Gasteiger partial charge in [0.05, 0.1) is 5.92 Å². The Kier molecular flexibility index (Phi) is 3.75. The smallest absolute Gasteiger partial charge is 0.233 e. The summed E-state index contributed by atoms with van der Waals surface area (Å²) in [4.78, 5) is 19.9. The number of H-pyrrole nitrogens is 1. The number of benzene rings is 2. The average molecular weight is 356 g/mol. The van der Waals surface area contributed by atoms with Gasteiger partial charge in [0.15, 0.2) is 5.13 Å². The lowest BCUT2D eigenvalue weighted by molar-refractivity contribution is -0.117. The molecule has 2 heterocycles. The van der Waals surface area contributed by atoms with Gasteiger partial charge >= 0.3 is 0 Å². The number of nitrogens with one attached hydrogen (secondary N) is 2. The van der Waals surface area contributed by atoms with Crippen molar-refractivity contribution >= 4 is 55.8 Å². The summed E-state index contributed by atoms with van der Waals surface area (Å²) in [6.45, 7) is 1.89. The molecule has 0 aliphatic rings. The molecular weight excluding hydrogens is 342 g/mol. The van der Waals surface area contributed by atoms with Crippen LogP contribution >= 0.6 is 22.9 Å². The van der Waals surface area contributed by atoms with Gasteiger partial charge in [0.1, 0.15) is 0 Å². The van der Waals surface area contributed by atoms with Crippen LogP contribution in [-0.2, 0) is 4.79 Å². The molecule has 0 saturated heterocycles. The zero-order chi connectivity index (χ0) is 16.7. The van der Waals surface area contributed by atoms with E-state index in [2.05, 4.69) is 15.3 Å². The van der Waals surface area contributed by atoms with Crippen molar-refractivity contribution in [2.24, 2.45) is 0 Å². The topological polar surface area (TPSA) is 57.8 Å². The maximum Gasteiger partial charge on any atom is 0.233 e. The summed E-state index contributed by atoms with van der Waals surface area (Å²) in [5.41, 5.74) is 2.99. The van der Waals surface area contributed by atoms with E-state index < -0.39 is 0 Å². The van der Waals surface area contributed by atoms with E-state index >= 15 is 0 Å². The van der Waals surface area contributed by atoms with Crippen LogP contribution in [0.15, 0.2) is 48.0 Å². The molecule has 1 unspecified atom stereocenters. The molecule has 0 aliphatic heterocycles. The van der Waals surface area contributed by atoms with Gasteiger partial charge in [-0.3, -0.25) is 4.79 Å². The van der Waals surface area contributed by atoms with E-state index in [0.29, 0.717) is 10.2 Å². The van der Waals surface area contributed by atoms with Crippen LogP contribution in [0.3, 0.4) is 0 Å². The van der Waals surface area contributed by atoms with Crippen molar-refractivity contribution in [3.05, 3.63) is 58.6 Å². The average Bonchev–Trinajstić information content (AvgIpc) is 3.20. The van der Waals surface area contributed by atoms with E-state index in [1.54, 1.807) is 6.20 Å². The van der Waals surface area contributed by atoms with Crippen molar-refractivity contribution in [3.63, 3.8) is 0 Å². The molecule has 24 heavy (non-hydrogen) atoms. The minimum absolute atomic E-state index is 0.0662. The summed E-state index contributed by atoms with van der Waals surface area (Å²) in [5.74, 6) is -0.336. The van der Waals surface area contributed by atoms with Crippen LogP contribution in [0.25, 0.3) is 21.8 Å². The van der Waals surface area contributed by atoms with Crippen molar-refractivity contribution in [1.29, 1.82) is 0 Å². The predicted molar refractivity (Wildman–Crippen MR) is 100.0 cm³/mol. The number of aromatic nitrogens is 2. The largest absolute Gasteiger partial charge is 0.355 e. The lowest BCUT2D eigenvalue weighted by Gasteiger charge is -2.11. The number of nitrogens with zero attached hydrogens (tertiary/aromatic N) is 1. The van der Waals surface area contributed by atoms with Crippen LogP contribution in [0.2, 0.25) is 5.02 Å². The number of fused-ring (bicyclic) bond motifs is 3. The molecule has 6 heteroatoms. The normalized spacial score (nSPS) is 12.6. The van der Waals surface area contributed by atoms with Gasteiger partial charge < -0.3 is 10.3 Å². The molecule has 4 nitrogen and oxygen atoms in total. The highest BCUT2D eigenvalue weighted by atomic mass is 35.5. The SMILES string of the molecule is CC(C(=O)Nc1nccs1)c1ccc2c(c1)[nH]c1ccc(Cl)cc12. The van der Waals surface area contributed by atoms with E-state index in [1.165, 1.54) is 11.3 Å². The number of amides is 1. The fourth-order valence-corrected chi connectivity index (χ4v) is 3.52. The van der Waals surface area contributed by atoms with Crippen LogP contribution < -0.4 is 5.32 Å². The number of rotatable bonds is 3. The lowest BCUT2D eigenvalue weighted by Crippen LogP contribution is -2.18. The first kappa shape index (κ1) is 15.2. The summed E-state index contributed by atoms with van der Waals surface area (Å²) < 4.78 is 0. The summed E-state index contributed by atoms with van der Waals surface area (Å²) in [6.07, 6.45) is 1.67. The number of halogens is 1. The van der Waals surface area contributed by atoms with Crippen molar-refractivity contribution in [3.8, 4) is 0 Å². The Hall–Kier alpha value is -2.37. The molecule has 4 aromatic rings. The number of anilines is 1. The number of hydrogen-bond donors (Lipinski definition) is 2. The Morgan fingerprint density at radius 2 is 2.08 bits per heavy atom. The molecule has 1 atom stereocenters. The van der Waals surface area contributed by atoms with E-state index in [0.717, 1.165) is 27.4 Å². The number of aromatic amines is 1. The van der Waals surface area contributed by atoms with Gasteiger partial charge in [0.25, 0.3) is 0 Å². The van der Waals surface area contributed by atoms with Gasteiger partial charge in [0, 0.05) is 38.4 Å². The first-order chi connectivity index (χ1) is 11.6. The molecule has 2 aromatic heterocycles. The fourth-order valence-electron chi connectivity index (χ4n) is 2.81. The molecular formula is C18H14ClN3OS. The zero-order valence-electron chi connectivity index (χ0n) is 12.8. The second kappa shape index (κ2) is 5.92. The van der Waals surface area contributed by atoms with Gasteiger partial charge in [0.2, 0.25) is 5.91 Å². The summed E-state index contributed by atoms with van der Waals surface area (Å²) in [5, 5.41) is 8.20. The van der Waals surface area contributed by atoms with Gasteiger partial charge in [-0.1, -0.05) is 23.7 Å². The summed E-state index contributed by atoms with van der Waals surface area (Å²) in [7, 11) is 0. The minimum atomic E-state index is -0.270. The highest BCUT2D eigenvalue weighted by Gasteiger charge is 2.17. The third kappa shape index (κ3) is 2.66. The number of carbonyl (C=O) groups excluding carboxylic acids is 1. The Labute approximate surface area is 147 Å². The molecule has 0 bridgehead atoms. The predicted octanol–water partition coefficient (Wildman–Crippen LogP) is 5.17. The number of thiazole rings is 1. The first-order valence-electron chi connectivity index (χ1n) is 7.53. The molecule has 2 aromatic carbocycles. The maximum absolute atomic E-state index is 12.4. The van der Waals surface area contributed by atoms with Gasteiger partial charge in [-0.15, -0.1) is 11.3 Å². The Morgan fingerprint density at radius 1 is 1.21 bits per heavy atom. The first-order valence-corrected chi connectivity index (χ1v) is 8.79. The molecule has 0 radical (unpaired) electrons. The molecule has 1 amide bonds. The molecule has 0 saturated carbocycles. The number of hydrogen-bond acceptors (Lipinski definition) is 3. The summed E-state index contributed by atoms with van der Waals surface area (Å²) >= 11 is 7.50. The minimum Gasteiger partial charge on any atom is -0.355 e. The molecule has 4 rings (SSSR count). The van der Waals surface area contributed by atoms with Crippen molar-refractivity contribution in [2.75, 3.05) is 5.32 Å². The Bertz CT molecular complexity index is 1040. The summed E-state index contributed by atoms with van der Waals surface area (Å²) in [6, 6.07) is 11.8. The third-order valence-corrected chi connectivity index (χ3v) is 5.06. The van der Waals surface area contributed by atoms with Crippen molar-refractivity contribution in [1.82, 2.24) is 9.97 Å². The fraction of sp³-hybridized carbons (Fsp3) is 0.111. The van der Waals surface area contributed by atoms with E-state index in [9.17, 15) is 4.79 Å².